The third kappa shape index (κ3) is 4.17. The summed E-state index contributed by atoms with van der Waals surface area (Å²) in [5.74, 6) is 0.600. The maximum absolute atomic E-state index is 6.37. The van der Waals surface area contributed by atoms with Crippen LogP contribution in [0.25, 0.3) is 0 Å². The fourth-order valence-corrected chi connectivity index (χ4v) is 4.86. The Morgan fingerprint density at radius 1 is 1.05 bits per heavy atom. The highest BCUT2D eigenvalue weighted by molar-refractivity contribution is 9.11. The SMILES string of the molecule is CCOc1cc(Cl)c(C(Br)c2ccc(Br)cc2Br)cc1Cl. The van der Waals surface area contributed by atoms with Crippen LogP contribution in [0.4, 0.5) is 0 Å². The van der Waals surface area contributed by atoms with Crippen molar-refractivity contribution in [3.05, 3.63) is 60.4 Å². The number of hydrogen-bond donors (Lipinski definition) is 0. The highest BCUT2D eigenvalue weighted by atomic mass is 79.9. The summed E-state index contributed by atoms with van der Waals surface area (Å²) in [6.45, 7) is 2.45. The summed E-state index contributed by atoms with van der Waals surface area (Å²) in [5.41, 5.74) is 1.97. The van der Waals surface area contributed by atoms with E-state index < -0.39 is 0 Å². The molecule has 2 aromatic rings. The van der Waals surface area contributed by atoms with Crippen molar-refractivity contribution in [1.29, 1.82) is 0 Å². The number of hydrogen-bond acceptors (Lipinski definition) is 1. The molecule has 0 spiro atoms. The molecule has 0 saturated carbocycles. The molecule has 0 fully saturated rings. The number of ether oxygens (including phenoxy) is 1. The normalized spacial score (nSPS) is 12.3. The van der Waals surface area contributed by atoms with Gasteiger partial charge in [0.25, 0.3) is 0 Å². The molecule has 0 radical (unpaired) electrons. The molecule has 0 N–H and O–H groups in total. The van der Waals surface area contributed by atoms with Gasteiger partial charge in [0, 0.05) is 20.0 Å². The van der Waals surface area contributed by atoms with E-state index in [-0.39, 0.29) is 4.83 Å². The van der Waals surface area contributed by atoms with Gasteiger partial charge in [0.1, 0.15) is 5.75 Å². The largest absolute Gasteiger partial charge is 0.492 e. The van der Waals surface area contributed by atoms with E-state index in [4.69, 9.17) is 27.9 Å². The van der Waals surface area contributed by atoms with Gasteiger partial charge in [-0.3, -0.25) is 0 Å². The van der Waals surface area contributed by atoms with E-state index in [9.17, 15) is 0 Å². The van der Waals surface area contributed by atoms with Crippen LogP contribution in [0.5, 0.6) is 5.75 Å². The average Bonchev–Trinajstić information content (AvgIpc) is 2.42. The Hall–Kier alpha value is 0.260. The van der Waals surface area contributed by atoms with Gasteiger partial charge in [-0.15, -0.1) is 0 Å². The van der Waals surface area contributed by atoms with Crippen LogP contribution in [0, 0.1) is 0 Å². The van der Waals surface area contributed by atoms with E-state index in [1.165, 1.54) is 0 Å². The lowest BCUT2D eigenvalue weighted by molar-refractivity contribution is 0.340. The van der Waals surface area contributed by atoms with Gasteiger partial charge in [-0.25, -0.2) is 0 Å². The summed E-state index contributed by atoms with van der Waals surface area (Å²) >= 11 is 23.3. The number of benzene rings is 2. The summed E-state index contributed by atoms with van der Waals surface area (Å²) in [6.07, 6.45) is 0. The van der Waals surface area contributed by atoms with Crippen molar-refractivity contribution in [1.82, 2.24) is 0 Å². The minimum Gasteiger partial charge on any atom is -0.492 e. The Kier molecular flexibility index (Phi) is 6.45. The van der Waals surface area contributed by atoms with E-state index >= 15 is 0 Å². The van der Waals surface area contributed by atoms with Gasteiger partial charge < -0.3 is 4.74 Å². The molecule has 0 bridgehead atoms. The molecule has 0 amide bonds. The highest BCUT2D eigenvalue weighted by Gasteiger charge is 2.19. The van der Waals surface area contributed by atoms with Gasteiger partial charge in [0.05, 0.1) is 16.5 Å². The maximum atomic E-state index is 6.37. The first-order valence-electron chi connectivity index (χ1n) is 6.14. The van der Waals surface area contributed by atoms with Crippen molar-refractivity contribution < 1.29 is 4.74 Å². The fourth-order valence-electron chi connectivity index (χ4n) is 1.88. The topological polar surface area (TPSA) is 9.23 Å². The van der Waals surface area contributed by atoms with Gasteiger partial charge in [-0.1, -0.05) is 77.1 Å². The molecule has 0 heterocycles. The van der Waals surface area contributed by atoms with Crippen molar-refractivity contribution in [2.24, 2.45) is 0 Å². The molecular weight excluding hydrogens is 507 g/mol. The lowest BCUT2D eigenvalue weighted by atomic mass is 10.0. The zero-order valence-electron chi connectivity index (χ0n) is 11.0. The van der Waals surface area contributed by atoms with Crippen molar-refractivity contribution >= 4 is 71.0 Å². The molecule has 0 aliphatic carbocycles. The second-order valence-corrected chi connectivity index (χ2v) is 7.77. The summed E-state index contributed by atoms with van der Waals surface area (Å²) in [6, 6.07) is 9.59. The molecule has 1 unspecified atom stereocenters. The molecule has 2 aromatic carbocycles. The molecule has 0 saturated heterocycles. The molecule has 112 valence electrons. The summed E-state index contributed by atoms with van der Waals surface area (Å²) in [4.78, 5) is -0.0688. The van der Waals surface area contributed by atoms with E-state index in [1.807, 2.05) is 31.2 Å². The molecule has 1 nitrogen and oxygen atoms in total. The zero-order valence-corrected chi connectivity index (χ0v) is 17.2. The average molecular weight is 518 g/mol. The Balaban J connectivity index is 2.43. The van der Waals surface area contributed by atoms with Gasteiger partial charge in [0.2, 0.25) is 0 Å². The number of alkyl halides is 1. The minimum absolute atomic E-state index is 0.0688. The van der Waals surface area contributed by atoms with E-state index in [0.29, 0.717) is 22.4 Å². The second-order valence-electron chi connectivity index (χ2n) is 4.27. The Morgan fingerprint density at radius 3 is 2.38 bits per heavy atom. The fraction of sp³-hybridized carbons (Fsp3) is 0.200. The number of rotatable bonds is 4. The van der Waals surface area contributed by atoms with Crippen LogP contribution in [-0.4, -0.2) is 6.61 Å². The minimum atomic E-state index is -0.0688. The first kappa shape index (κ1) is 17.6. The van der Waals surface area contributed by atoms with Crippen LogP contribution < -0.4 is 4.74 Å². The van der Waals surface area contributed by atoms with Gasteiger partial charge in [0.15, 0.2) is 0 Å². The van der Waals surface area contributed by atoms with Crippen LogP contribution in [0.1, 0.15) is 22.9 Å². The van der Waals surface area contributed by atoms with Crippen LogP contribution in [0.3, 0.4) is 0 Å². The predicted molar refractivity (Wildman–Crippen MR) is 100 cm³/mol. The van der Waals surface area contributed by atoms with Crippen molar-refractivity contribution in [2.45, 2.75) is 11.8 Å². The third-order valence-corrected chi connectivity index (χ3v) is 5.65. The lowest BCUT2D eigenvalue weighted by Gasteiger charge is -2.16. The van der Waals surface area contributed by atoms with Crippen molar-refractivity contribution in [2.75, 3.05) is 6.61 Å². The van der Waals surface area contributed by atoms with Crippen LogP contribution in [0.2, 0.25) is 10.0 Å². The van der Waals surface area contributed by atoms with Gasteiger partial charge in [-0.05, 0) is 36.2 Å². The van der Waals surface area contributed by atoms with Crippen molar-refractivity contribution in [3.63, 3.8) is 0 Å². The molecule has 1 atom stereocenters. The first-order valence-corrected chi connectivity index (χ1v) is 9.40. The zero-order chi connectivity index (χ0) is 15.6. The first-order chi connectivity index (χ1) is 9.93. The van der Waals surface area contributed by atoms with Gasteiger partial charge in [-0.2, -0.15) is 0 Å². The smallest absolute Gasteiger partial charge is 0.139 e. The van der Waals surface area contributed by atoms with Crippen molar-refractivity contribution in [3.8, 4) is 5.75 Å². The quantitative estimate of drug-likeness (QED) is 0.384. The monoisotopic (exact) mass is 514 g/mol. The maximum Gasteiger partial charge on any atom is 0.139 e. The molecule has 6 heteroatoms. The van der Waals surface area contributed by atoms with Crippen LogP contribution in [-0.2, 0) is 0 Å². The van der Waals surface area contributed by atoms with E-state index in [1.54, 1.807) is 6.07 Å². The summed E-state index contributed by atoms with van der Waals surface area (Å²) < 4.78 is 7.44. The third-order valence-electron chi connectivity index (χ3n) is 2.86. The molecule has 0 aliphatic rings. The molecule has 2 rings (SSSR count). The molecule has 0 aromatic heterocycles. The van der Waals surface area contributed by atoms with Gasteiger partial charge >= 0.3 is 0 Å². The van der Waals surface area contributed by atoms with Crippen LogP contribution >= 0.6 is 71.0 Å². The van der Waals surface area contributed by atoms with E-state index in [0.717, 1.165) is 20.1 Å². The van der Waals surface area contributed by atoms with Crippen LogP contribution in [0.15, 0.2) is 39.3 Å². The molecule has 0 aliphatic heterocycles. The summed E-state index contributed by atoms with van der Waals surface area (Å²) in [5, 5.41) is 1.16. The standard InChI is InChI=1S/C15H11Br3Cl2O/c1-2-21-14-7-12(19)10(6-13(14)20)15(18)9-4-3-8(16)5-11(9)17/h3-7,15H,2H2,1H3. The summed E-state index contributed by atoms with van der Waals surface area (Å²) in [7, 11) is 0. The Labute approximate surface area is 159 Å². The molecule has 21 heavy (non-hydrogen) atoms. The lowest BCUT2D eigenvalue weighted by Crippen LogP contribution is -1.98. The predicted octanol–water partition coefficient (Wildman–Crippen LogP) is 7.40. The van der Waals surface area contributed by atoms with E-state index in [2.05, 4.69) is 47.8 Å². The second kappa shape index (κ2) is 7.69. The Bertz CT molecular complexity index is 662. The highest BCUT2D eigenvalue weighted by Crippen LogP contribution is 2.42. The molecular formula is C15H11Br3Cl2O. The Morgan fingerprint density at radius 2 is 1.76 bits per heavy atom. The number of halogens is 5.